The Morgan fingerprint density at radius 3 is 2.57 bits per heavy atom. The zero-order valence-corrected chi connectivity index (χ0v) is 12.3. The number of pyridine rings is 1. The van der Waals surface area contributed by atoms with Crippen LogP contribution in [0.2, 0.25) is 0 Å². The Kier molecular flexibility index (Phi) is 4.08. The zero-order chi connectivity index (χ0) is 15.8. The molecule has 21 heavy (non-hydrogen) atoms. The van der Waals surface area contributed by atoms with Crippen LogP contribution in [-0.2, 0) is 13.2 Å². The van der Waals surface area contributed by atoms with Crippen molar-refractivity contribution in [2.75, 3.05) is 6.26 Å². The van der Waals surface area contributed by atoms with Crippen LogP contribution in [0.15, 0.2) is 28.3 Å². The van der Waals surface area contributed by atoms with Crippen molar-refractivity contribution in [3.63, 3.8) is 0 Å². The van der Waals surface area contributed by atoms with Crippen LogP contribution in [-0.4, -0.2) is 20.8 Å². The van der Waals surface area contributed by atoms with Crippen molar-refractivity contribution in [2.24, 2.45) is 7.05 Å². The molecule has 112 valence electrons. The van der Waals surface area contributed by atoms with E-state index in [2.05, 4.69) is 9.97 Å². The Bertz CT molecular complexity index is 740. The van der Waals surface area contributed by atoms with Gasteiger partial charge < -0.3 is 4.57 Å². The Hall–Kier alpha value is -1.83. The lowest BCUT2D eigenvalue weighted by atomic mass is 10.0. The molecule has 0 aliphatic carbocycles. The summed E-state index contributed by atoms with van der Waals surface area (Å²) in [4.78, 5) is 20.2. The van der Waals surface area contributed by atoms with E-state index in [1.807, 2.05) is 0 Å². The molecule has 0 atom stereocenters. The highest BCUT2D eigenvalue weighted by atomic mass is 32.2. The fourth-order valence-electron chi connectivity index (χ4n) is 1.87. The van der Waals surface area contributed by atoms with Gasteiger partial charge in [-0.2, -0.15) is 13.2 Å². The summed E-state index contributed by atoms with van der Waals surface area (Å²) in [6.07, 6.45) is -1.58. The normalized spacial score (nSPS) is 11.7. The van der Waals surface area contributed by atoms with Crippen molar-refractivity contribution < 1.29 is 13.2 Å². The maximum absolute atomic E-state index is 13.2. The lowest BCUT2D eigenvalue weighted by Gasteiger charge is -2.15. The van der Waals surface area contributed by atoms with Crippen LogP contribution in [0.3, 0.4) is 0 Å². The average molecular weight is 315 g/mol. The molecule has 8 heteroatoms. The molecular weight excluding hydrogens is 303 g/mol. The number of alkyl halides is 3. The summed E-state index contributed by atoms with van der Waals surface area (Å²) < 4.78 is 40.8. The number of halogens is 3. The molecule has 0 saturated carbocycles. The predicted octanol–water partition coefficient (Wildman–Crippen LogP) is 2.89. The quantitative estimate of drug-likeness (QED) is 0.631. The molecule has 0 N–H and O–H groups in total. The van der Waals surface area contributed by atoms with Gasteiger partial charge in [-0.25, -0.2) is 9.97 Å². The minimum Gasteiger partial charge on any atom is -0.315 e. The summed E-state index contributed by atoms with van der Waals surface area (Å²) in [6, 6.07) is 2.26. The second-order valence-electron chi connectivity index (χ2n) is 4.36. The minimum atomic E-state index is -4.63. The molecule has 0 bridgehead atoms. The molecule has 4 nitrogen and oxygen atoms in total. The van der Waals surface area contributed by atoms with Crippen LogP contribution in [0.1, 0.15) is 11.3 Å². The Morgan fingerprint density at radius 1 is 1.33 bits per heavy atom. The molecule has 0 fully saturated rings. The van der Waals surface area contributed by atoms with Crippen molar-refractivity contribution in [2.45, 2.75) is 18.3 Å². The number of hydrogen-bond donors (Lipinski definition) is 0. The van der Waals surface area contributed by atoms with Crippen molar-refractivity contribution in [1.82, 2.24) is 14.5 Å². The van der Waals surface area contributed by atoms with Gasteiger partial charge in [-0.3, -0.25) is 4.79 Å². The summed E-state index contributed by atoms with van der Waals surface area (Å²) in [6.45, 7) is 1.45. The highest BCUT2D eigenvalue weighted by Crippen LogP contribution is 2.35. The van der Waals surface area contributed by atoms with Gasteiger partial charge in [0, 0.05) is 18.9 Å². The van der Waals surface area contributed by atoms with Gasteiger partial charge in [0.15, 0.2) is 5.16 Å². The van der Waals surface area contributed by atoms with Gasteiger partial charge in [-0.1, -0.05) is 11.8 Å². The van der Waals surface area contributed by atoms with Gasteiger partial charge >= 0.3 is 6.18 Å². The molecule has 2 heterocycles. The van der Waals surface area contributed by atoms with Crippen LogP contribution in [0, 0.1) is 6.92 Å². The van der Waals surface area contributed by atoms with E-state index in [9.17, 15) is 18.0 Å². The Labute approximate surface area is 123 Å². The second kappa shape index (κ2) is 5.51. The lowest BCUT2D eigenvalue weighted by molar-refractivity contribution is -0.137. The van der Waals surface area contributed by atoms with Crippen LogP contribution in [0.5, 0.6) is 0 Å². The number of hydrogen-bond acceptors (Lipinski definition) is 4. The highest BCUT2D eigenvalue weighted by molar-refractivity contribution is 7.98. The first kappa shape index (κ1) is 15.6. The summed E-state index contributed by atoms with van der Waals surface area (Å²) in [5.74, 6) is 0. The van der Waals surface area contributed by atoms with E-state index in [-0.39, 0.29) is 11.4 Å². The minimum absolute atomic E-state index is 0.0257. The molecule has 0 unspecified atom stereocenters. The van der Waals surface area contributed by atoms with Gasteiger partial charge in [0.05, 0.1) is 16.8 Å². The van der Waals surface area contributed by atoms with Gasteiger partial charge in [-0.05, 0) is 25.3 Å². The molecule has 0 aromatic carbocycles. The van der Waals surface area contributed by atoms with Gasteiger partial charge in [-0.15, -0.1) is 0 Å². The third-order valence-electron chi connectivity index (χ3n) is 3.05. The molecule has 0 saturated heterocycles. The number of aryl methyl sites for hydroxylation is 1. The van der Waals surface area contributed by atoms with E-state index < -0.39 is 22.9 Å². The van der Waals surface area contributed by atoms with Crippen molar-refractivity contribution in [1.29, 1.82) is 0 Å². The van der Waals surface area contributed by atoms with Crippen LogP contribution in [0.4, 0.5) is 13.2 Å². The third-order valence-corrected chi connectivity index (χ3v) is 3.61. The second-order valence-corrected chi connectivity index (χ2v) is 5.14. The van der Waals surface area contributed by atoms with E-state index in [1.165, 1.54) is 42.6 Å². The molecule has 0 aliphatic rings. The average Bonchev–Trinajstić information content (AvgIpc) is 2.43. The van der Waals surface area contributed by atoms with E-state index in [0.717, 1.165) is 6.07 Å². The van der Waals surface area contributed by atoms with E-state index in [1.54, 1.807) is 6.26 Å². The Balaban J connectivity index is 2.83. The molecule has 2 aromatic rings. The highest BCUT2D eigenvalue weighted by Gasteiger charge is 2.36. The molecule has 2 aromatic heterocycles. The predicted molar refractivity (Wildman–Crippen MR) is 74.2 cm³/mol. The summed E-state index contributed by atoms with van der Waals surface area (Å²) in [7, 11) is 1.43. The first-order chi connectivity index (χ1) is 9.75. The van der Waals surface area contributed by atoms with E-state index >= 15 is 0 Å². The first-order valence-corrected chi connectivity index (χ1v) is 7.13. The fraction of sp³-hybridized carbons (Fsp3) is 0.308. The Morgan fingerprint density at radius 2 is 2.00 bits per heavy atom. The van der Waals surface area contributed by atoms with Crippen molar-refractivity contribution in [3.05, 3.63) is 39.9 Å². The van der Waals surface area contributed by atoms with Crippen LogP contribution < -0.4 is 5.56 Å². The molecular formula is C13H12F3N3OS. The maximum Gasteiger partial charge on any atom is 0.417 e. The monoisotopic (exact) mass is 315 g/mol. The maximum atomic E-state index is 13.2. The molecule has 0 aliphatic heterocycles. The number of rotatable bonds is 2. The van der Waals surface area contributed by atoms with Gasteiger partial charge in [0.25, 0.3) is 5.56 Å². The van der Waals surface area contributed by atoms with Crippen molar-refractivity contribution in [3.8, 4) is 11.3 Å². The fourth-order valence-corrected chi connectivity index (χ4v) is 2.23. The number of aromatic nitrogens is 3. The molecule has 2 rings (SSSR count). The lowest BCUT2D eigenvalue weighted by Crippen LogP contribution is -2.25. The first-order valence-electron chi connectivity index (χ1n) is 5.91. The number of thioether (sulfide) groups is 1. The zero-order valence-electron chi connectivity index (χ0n) is 11.5. The van der Waals surface area contributed by atoms with E-state index in [0.29, 0.717) is 5.16 Å². The van der Waals surface area contributed by atoms with Gasteiger partial charge in [0.1, 0.15) is 0 Å². The largest absolute Gasteiger partial charge is 0.417 e. The number of nitrogens with zero attached hydrogens (tertiary/aromatic N) is 3. The van der Waals surface area contributed by atoms with Crippen LogP contribution >= 0.6 is 11.8 Å². The standard InChI is InChI=1S/C13H12F3N3OS/c1-7-6-8(13(14,15)16)10(11(20)19(7)2)9-4-5-17-12(18-9)21-3/h4-6H,1-3H3. The summed E-state index contributed by atoms with van der Waals surface area (Å²) in [5.41, 5.74) is -1.95. The van der Waals surface area contributed by atoms with Crippen molar-refractivity contribution >= 4 is 11.8 Å². The van der Waals surface area contributed by atoms with E-state index in [4.69, 9.17) is 0 Å². The summed E-state index contributed by atoms with van der Waals surface area (Å²) >= 11 is 1.19. The summed E-state index contributed by atoms with van der Waals surface area (Å²) in [5, 5.41) is 0.309. The smallest absolute Gasteiger partial charge is 0.315 e. The molecule has 0 spiro atoms. The molecule has 0 amide bonds. The SMILES string of the molecule is CSc1nccc(-c2c(C(F)(F)F)cc(C)n(C)c2=O)n1. The van der Waals surface area contributed by atoms with Crippen LogP contribution in [0.25, 0.3) is 11.3 Å². The van der Waals surface area contributed by atoms with Gasteiger partial charge in [0.2, 0.25) is 0 Å². The third kappa shape index (κ3) is 2.94. The topological polar surface area (TPSA) is 47.8 Å². The molecule has 0 radical (unpaired) electrons.